The molecule has 1 aliphatic rings. The van der Waals surface area contributed by atoms with E-state index in [1.165, 1.54) is 11.9 Å². The highest BCUT2D eigenvalue weighted by Crippen LogP contribution is 2.25. The van der Waals surface area contributed by atoms with Crippen LogP contribution < -0.4 is 0 Å². The minimum absolute atomic E-state index is 0.0701. The third-order valence-electron chi connectivity index (χ3n) is 2.27. The zero-order valence-electron chi connectivity index (χ0n) is 7.97. The van der Waals surface area contributed by atoms with Crippen LogP contribution in [0.5, 0.6) is 0 Å². The van der Waals surface area contributed by atoms with Crippen LogP contribution in [0.15, 0.2) is 0 Å². The first-order valence-electron chi connectivity index (χ1n) is 4.24. The van der Waals surface area contributed by atoms with Gasteiger partial charge in [-0.25, -0.2) is 4.79 Å². The first-order chi connectivity index (χ1) is 5.95. The average molecular weight is 189 g/mol. The summed E-state index contributed by atoms with van der Waals surface area (Å²) in [5.74, 6) is 0.0701. The van der Waals surface area contributed by atoms with Crippen LogP contribution in [0.3, 0.4) is 0 Å². The molecule has 0 aliphatic carbocycles. The zero-order valence-corrected chi connectivity index (χ0v) is 7.97. The van der Waals surface area contributed by atoms with Crippen LogP contribution >= 0.6 is 0 Å². The number of carbonyl (C=O) groups excluding carboxylic acids is 1. The minimum atomic E-state index is -1.55. The molecule has 2 atom stereocenters. The van der Waals surface area contributed by atoms with Crippen LogP contribution in [0, 0.1) is 5.92 Å². The van der Waals surface area contributed by atoms with Crippen molar-refractivity contribution >= 4 is 6.09 Å². The number of aliphatic hydroxyl groups is 2. The van der Waals surface area contributed by atoms with E-state index in [2.05, 4.69) is 0 Å². The first-order valence-corrected chi connectivity index (χ1v) is 4.24. The van der Waals surface area contributed by atoms with Crippen molar-refractivity contribution in [2.45, 2.75) is 32.3 Å². The van der Waals surface area contributed by atoms with Gasteiger partial charge in [0.25, 0.3) is 0 Å². The van der Waals surface area contributed by atoms with E-state index in [1.807, 2.05) is 13.8 Å². The summed E-state index contributed by atoms with van der Waals surface area (Å²) in [6.07, 6.45) is -2.50. The quantitative estimate of drug-likeness (QED) is 0.589. The average Bonchev–Trinajstić information content (AvgIpc) is 2.28. The monoisotopic (exact) mass is 189 g/mol. The van der Waals surface area contributed by atoms with Gasteiger partial charge in [0.15, 0.2) is 6.29 Å². The maximum atomic E-state index is 11.1. The van der Waals surface area contributed by atoms with Crippen molar-refractivity contribution in [1.29, 1.82) is 0 Å². The lowest BCUT2D eigenvalue weighted by molar-refractivity contribution is -0.0992. The molecule has 1 heterocycles. The smallest absolute Gasteiger partial charge is 0.410 e. The third kappa shape index (κ3) is 1.76. The number of nitrogens with zero attached hydrogens (tertiary/aromatic N) is 1. The summed E-state index contributed by atoms with van der Waals surface area (Å²) in [4.78, 5) is 12.3. The van der Waals surface area contributed by atoms with Crippen LogP contribution in [-0.2, 0) is 4.74 Å². The molecular weight excluding hydrogens is 174 g/mol. The number of aliphatic hydroxyl groups excluding tert-OH is 1. The summed E-state index contributed by atoms with van der Waals surface area (Å²) in [6, 6.07) is -0.660. The molecule has 0 aromatic carbocycles. The molecular formula is C8H15NO4. The van der Waals surface area contributed by atoms with Gasteiger partial charge in [0, 0.05) is 7.05 Å². The van der Waals surface area contributed by atoms with Gasteiger partial charge >= 0.3 is 6.09 Å². The van der Waals surface area contributed by atoms with Gasteiger partial charge in [-0.3, -0.25) is 4.90 Å². The molecule has 13 heavy (non-hydrogen) atoms. The van der Waals surface area contributed by atoms with Crippen molar-refractivity contribution in [2.75, 3.05) is 7.05 Å². The van der Waals surface area contributed by atoms with Gasteiger partial charge < -0.3 is 14.9 Å². The Bertz CT molecular complexity index is 204. The lowest BCUT2D eigenvalue weighted by atomic mass is 9.99. The molecule has 1 unspecified atom stereocenters. The molecule has 0 aromatic heterocycles. The molecule has 1 saturated heterocycles. The molecule has 5 heteroatoms. The normalized spacial score (nSPS) is 28.8. The van der Waals surface area contributed by atoms with Crippen molar-refractivity contribution in [1.82, 2.24) is 4.90 Å². The van der Waals surface area contributed by atoms with Crippen LogP contribution in [0.25, 0.3) is 0 Å². The number of cyclic esters (lactones) is 1. The lowest BCUT2D eigenvalue weighted by Gasteiger charge is -2.24. The van der Waals surface area contributed by atoms with Crippen LogP contribution in [0.4, 0.5) is 4.79 Å². The van der Waals surface area contributed by atoms with Crippen molar-refractivity contribution in [3.05, 3.63) is 0 Å². The van der Waals surface area contributed by atoms with E-state index in [0.717, 1.165) is 0 Å². The van der Waals surface area contributed by atoms with Gasteiger partial charge in [-0.1, -0.05) is 13.8 Å². The molecule has 0 saturated carbocycles. The van der Waals surface area contributed by atoms with E-state index < -0.39 is 24.5 Å². The lowest BCUT2D eigenvalue weighted by Crippen LogP contribution is -2.45. The Morgan fingerprint density at radius 2 is 2.00 bits per heavy atom. The zero-order chi connectivity index (χ0) is 10.2. The summed E-state index contributed by atoms with van der Waals surface area (Å²) in [6.45, 7) is 3.74. The second-order valence-electron chi connectivity index (χ2n) is 3.61. The molecule has 0 bridgehead atoms. The second-order valence-corrected chi connectivity index (χ2v) is 3.61. The number of amides is 1. The van der Waals surface area contributed by atoms with Gasteiger partial charge in [0.05, 0.1) is 0 Å². The van der Waals surface area contributed by atoms with Crippen LogP contribution in [0.1, 0.15) is 13.8 Å². The van der Waals surface area contributed by atoms with E-state index in [1.54, 1.807) is 0 Å². The van der Waals surface area contributed by atoms with Gasteiger partial charge in [0.2, 0.25) is 0 Å². The molecule has 0 aromatic rings. The Kier molecular flexibility index (Phi) is 2.77. The fourth-order valence-corrected chi connectivity index (χ4v) is 1.51. The van der Waals surface area contributed by atoms with Crippen molar-refractivity contribution in [3.63, 3.8) is 0 Å². The third-order valence-corrected chi connectivity index (χ3v) is 2.27. The van der Waals surface area contributed by atoms with Crippen molar-refractivity contribution < 1.29 is 19.7 Å². The summed E-state index contributed by atoms with van der Waals surface area (Å²) < 4.78 is 4.98. The highest BCUT2D eigenvalue weighted by molar-refractivity contribution is 5.70. The highest BCUT2D eigenvalue weighted by Gasteiger charge is 2.44. The second kappa shape index (κ2) is 3.51. The van der Waals surface area contributed by atoms with E-state index in [4.69, 9.17) is 14.9 Å². The number of hydrogen-bond donors (Lipinski definition) is 2. The number of hydrogen-bond acceptors (Lipinski definition) is 4. The number of ether oxygens (including phenoxy) is 1. The largest absolute Gasteiger partial charge is 0.443 e. The Morgan fingerprint density at radius 3 is 2.31 bits per heavy atom. The molecule has 5 nitrogen and oxygen atoms in total. The molecule has 76 valence electrons. The first kappa shape index (κ1) is 10.3. The molecule has 1 amide bonds. The maximum absolute atomic E-state index is 11.1. The summed E-state index contributed by atoms with van der Waals surface area (Å²) in [5, 5.41) is 18.1. The Balaban J connectivity index is 2.80. The fraction of sp³-hybridized carbons (Fsp3) is 0.875. The standard InChI is InChI=1S/C8H15NO4/c1-4(2)6-5(7(10)11)9(3)8(12)13-6/h4-7,10-11H,1-3H3/t5?,6-/m1/s1. The van der Waals surface area contributed by atoms with Crippen molar-refractivity contribution in [2.24, 2.45) is 5.92 Å². The number of carbonyl (C=O) groups is 1. The Morgan fingerprint density at radius 1 is 1.46 bits per heavy atom. The van der Waals surface area contributed by atoms with E-state index in [0.29, 0.717) is 0 Å². The Labute approximate surface area is 76.9 Å². The Hall–Kier alpha value is -0.810. The van der Waals surface area contributed by atoms with Crippen molar-refractivity contribution in [3.8, 4) is 0 Å². The van der Waals surface area contributed by atoms with E-state index in [-0.39, 0.29) is 5.92 Å². The summed E-state index contributed by atoms with van der Waals surface area (Å²) in [5.41, 5.74) is 0. The van der Waals surface area contributed by atoms with Gasteiger partial charge in [-0.05, 0) is 5.92 Å². The van der Waals surface area contributed by atoms with E-state index >= 15 is 0 Å². The van der Waals surface area contributed by atoms with Crippen LogP contribution in [-0.4, -0.2) is 46.7 Å². The SMILES string of the molecule is CC(C)[C@H]1OC(=O)N(C)C1C(O)O. The number of likely N-dealkylation sites (N-methyl/N-ethyl adjacent to an activating group) is 1. The number of rotatable bonds is 2. The van der Waals surface area contributed by atoms with Gasteiger partial charge in [0.1, 0.15) is 12.1 Å². The highest BCUT2D eigenvalue weighted by atomic mass is 16.6. The molecule has 0 spiro atoms. The van der Waals surface area contributed by atoms with Gasteiger partial charge in [-0.15, -0.1) is 0 Å². The molecule has 1 rings (SSSR count). The fourth-order valence-electron chi connectivity index (χ4n) is 1.51. The molecule has 1 aliphatic heterocycles. The predicted octanol–water partition coefficient (Wildman–Crippen LogP) is -0.228. The summed E-state index contributed by atoms with van der Waals surface area (Å²) in [7, 11) is 1.49. The topological polar surface area (TPSA) is 70.0 Å². The van der Waals surface area contributed by atoms with E-state index in [9.17, 15) is 4.79 Å². The summed E-state index contributed by atoms with van der Waals surface area (Å²) >= 11 is 0. The predicted molar refractivity (Wildman–Crippen MR) is 44.9 cm³/mol. The van der Waals surface area contributed by atoms with Crippen LogP contribution in [0.2, 0.25) is 0 Å². The maximum Gasteiger partial charge on any atom is 0.410 e. The molecule has 1 fully saturated rings. The molecule has 0 radical (unpaired) electrons. The molecule has 2 N–H and O–H groups in total. The minimum Gasteiger partial charge on any atom is -0.443 e. The van der Waals surface area contributed by atoms with Gasteiger partial charge in [-0.2, -0.15) is 0 Å².